The first kappa shape index (κ1) is 20.6. The number of ether oxygens (including phenoxy) is 1. The number of nitrogens with zero attached hydrogens (tertiary/aromatic N) is 1. The first-order chi connectivity index (χ1) is 14.4. The summed E-state index contributed by atoms with van der Waals surface area (Å²) in [7, 11) is -3.82. The van der Waals surface area contributed by atoms with Crippen LogP contribution in [0.3, 0.4) is 0 Å². The molecule has 8 heteroatoms. The van der Waals surface area contributed by atoms with E-state index in [1.807, 2.05) is 0 Å². The molecule has 6 nitrogen and oxygen atoms in total. The van der Waals surface area contributed by atoms with Crippen LogP contribution < -0.4 is 5.32 Å². The summed E-state index contributed by atoms with van der Waals surface area (Å²) in [4.78, 5) is 12.5. The Labute approximate surface area is 174 Å². The number of fused-ring (bicyclic) bond motifs is 1. The highest BCUT2D eigenvalue weighted by Gasteiger charge is 2.24. The zero-order valence-electron chi connectivity index (χ0n) is 16.4. The molecule has 0 unspecified atom stereocenters. The fourth-order valence-electron chi connectivity index (χ4n) is 3.73. The fourth-order valence-corrected chi connectivity index (χ4v) is 5.33. The third kappa shape index (κ3) is 4.39. The van der Waals surface area contributed by atoms with Gasteiger partial charge in [0.25, 0.3) is 0 Å². The van der Waals surface area contributed by atoms with Crippen molar-refractivity contribution in [2.75, 3.05) is 13.2 Å². The minimum atomic E-state index is -3.82. The number of hydrogen-bond acceptors (Lipinski definition) is 4. The number of para-hydroxylation sites is 1. The molecule has 158 valence electrons. The van der Waals surface area contributed by atoms with Gasteiger partial charge in [-0.2, -0.15) is 0 Å². The molecule has 0 radical (unpaired) electrons. The van der Waals surface area contributed by atoms with Crippen LogP contribution in [-0.2, 0) is 31.7 Å². The van der Waals surface area contributed by atoms with Crippen LogP contribution in [0, 0.1) is 5.82 Å². The van der Waals surface area contributed by atoms with Gasteiger partial charge in [0.1, 0.15) is 12.4 Å². The topological polar surface area (TPSA) is 77.4 Å². The number of carbonyl (C=O) groups is 1. The molecule has 2 heterocycles. The molecule has 4 rings (SSSR count). The molecule has 1 amide bonds. The lowest BCUT2D eigenvalue weighted by Gasteiger charge is -2.11. The Bertz CT molecular complexity index is 1170. The van der Waals surface area contributed by atoms with Gasteiger partial charge >= 0.3 is 0 Å². The molecular formula is C22H23FN2O4S. The second-order valence-electron chi connectivity index (χ2n) is 7.43. The summed E-state index contributed by atoms with van der Waals surface area (Å²) in [6.45, 7) is 1.14. The molecule has 1 atom stereocenters. The summed E-state index contributed by atoms with van der Waals surface area (Å²) in [5, 5.41) is 3.36. The van der Waals surface area contributed by atoms with E-state index in [2.05, 4.69) is 5.32 Å². The van der Waals surface area contributed by atoms with E-state index in [9.17, 15) is 17.6 Å². The quantitative estimate of drug-likeness (QED) is 0.625. The first-order valence-corrected chi connectivity index (χ1v) is 11.5. The Balaban J connectivity index is 1.58. The average molecular weight is 431 g/mol. The summed E-state index contributed by atoms with van der Waals surface area (Å²) in [5.41, 5.74) is 0.750. The van der Waals surface area contributed by atoms with Crippen LogP contribution in [0.2, 0.25) is 0 Å². The highest BCUT2D eigenvalue weighted by molar-refractivity contribution is 7.90. The number of aromatic nitrogens is 1. The van der Waals surface area contributed by atoms with Crippen molar-refractivity contribution in [1.29, 1.82) is 0 Å². The second-order valence-corrected chi connectivity index (χ2v) is 9.39. The van der Waals surface area contributed by atoms with Gasteiger partial charge in [0, 0.05) is 35.8 Å². The van der Waals surface area contributed by atoms with E-state index < -0.39 is 21.4 Å². The molecule has 30 heavy (non-hydrogen) atoms. The summed E-state index contributed by atoms with van der Waals surface area (Å²) in [6.07, 6.45) is 3.41. The molecule has 1 aromatic heterocycles. The Morgan fingerprint density at radius 3 is 2.70 bits per heavy atom. The van der Waals surface area contributed by atoms with E-state index in [1.54, 1.807) is 34.9 Å². The van der Waals surface area contributed by atoms with Gasteiger partial charge < -0.3 is 14.6 Å². The maximum Gasteiger partial charge on any atom is 0.240 e. The lowest BCUT2D eigenvalue weighted by molar-refractivity contribution is -0.122. The molecule has 0 spiro atoms. The Hall–Kier alpha value is -2.71. The maximum atomic E-state index is 14.0. The van der Waals surface area contributed by atoms with Crippen molar-refractivity contribution in [3.05, 3.63) is 66.1 Å². The Morgan fingerprint density at radius 2 is 1.93 bits per heavy atom. The van der Waals surface area contributed by atoms with Gasteiger partial charge in [-0.05, 0) is 25.0 Å². The molecule has 0 bridgehead atoms. The van der Waals surface area contributed by atoms with Crippen LogP contribution >= 0.6 is 0 Å². The fraction of sp³-hybridized carbons (Fsp3) is 0.318. The molecule has 2 aromatic carbocycles. The lowest BCUT2D eigenvalue weighted by atomic mass is 10.2. The predicted molar refractivity (Wildman–Crippen MR) is 111 cm³/mol. The highest BCUT2D eigenvalue weighted by Crippen LogP contribution is 2.28. The van der Waals surface area contributed by atoms with Crippen LogP contribution in [0.5, 0.6) is 0 Å². The van der Waals surface area contributed by atoms with Crippen LogP contribution in [0.1, 0.15) is 18.4 Å². The molecular weight excluding hydrogens is 407 g/mol. The van der Waals surface area contributed by atoms with E-state index in [0.29, 0.717) is 24.1 Å². The average Bonchev–Trinajstić information content (AvgIpc) is 3.37. The molecule has 0 aliphatic carbocycles. The zero-order valence-corrected chi connectivity index (χ0v) is 17.2. The standard InChI is InChI=1S/C22H23FN2O4S/c23-19-9-3-1-6-16(19)15-30(27,28)21-13-25(20-10-4-2-8-18(20)21)14-22(26)24-12-17-7-5-11-29-17/h1-4,6,8-10,13,17H,5,7,11-12,14-15H2,(H,24,26)/t17-/m0/s1. The van der Waals surface area contributed by atoms with Crippen LogP contribution in [-0.4, -0.2) is 38.1 Å². The molecule has 1 saturated heterocycles. The summed E-state index contributed by atoms with van der Waals surface area (Å²) < 4.78 is 47.3. The number of halogens is 1. The first-order valence-electron chi connectivity index (χ1n) is 9.86. The van der Waals surface area contributed by atoms with Gasteiger partial charge in [-0.3, -0.25) is 4.79 Å². The van der Waals surface area contributed by atoms with Gasteiger partial charge in [-0.15, -0.1) is 0 Å². The smallest absolute Gasteiger partial charge is 0.240 e. The maximum absolute atomic E-state index is 14.0. The van der Waals surface area contributed by atoms with Crippen molar-refractivity contribution in [3.8, 4) is 0 Å². The Morgan fingerprint density at radius 1 is 1.17 bits per heavy atom. The number of benzene rings is 2. The minimum Gasteiger partial charge on any atom is -0.376 e. The van der Waals surface area contributed by atoms with Crippen LogP contribution in [0.15, 0.2) is 59.6 Å². The van der Waals surface area contributed by atoms with Crippen molar-refractivity contribution in [2.24, 2.45) is 0 Å². The Kier molecular flexibility index (Phi) is 5.87. The zero-order chi connectivity index (χ0) is 21.1. The molecule has 3 aromatic rings. The molecule has 0 saturated carbocycles. The van der Waals surface area contributed by atoms with Gasteiger partial charge in [0.15, 0.2) is 9.84 Å². The molecule has 1 N–H and O–H groups in total. The van der Waals surface area contributed by atoms with Crippen molar-refractivity contribution < 1.29 is 22.3 Å². The number of rotatable bonds is 7. The van der Waals surface area contributed by atoms with Crippen LogP contribution in [0.4, 0.5) is 4.39 Å². The van der Waals surface area contributed by atoms with Crippen molar-refractivity contribution in [3.63, 3.8) is 0 Å². The third-order valence-corrected chi connectivity index (χ3v) is 6.94. The number of hydrogen-bond donors (Lipinski definition) is 1. The van der Waals surface area contributed by atoms with Gasteiger partial charge in [-0.1, -0.05) is 36.4 Å². The van der Waals surface area contributed by atoms with Gasteiger partial charge in [0.2, 0.25) is 5.91 Å². The van der Waals surface area contributed by atoms with E-state index in [4.69, 9.17) is 4.74 Å². The van der Waals surface area contributed by atoms with Crippen molar-refractivity contribution in [2.45, 2.75) is 36.1 Å². The number of nitrogens with one attached hydrogen (secondary N) is 1. The number of carbonyl (C=O) groups excluding carboxylic acids is 1. The number of amides is 1. The van der Waals surface area contributed by atoms with E-state index in [0.717, 1.165) is 12.8 Å². The lowest BCUT2D eigenvalue weighted by Crippen LogP contribution is -2.34. The molecule has 1 aliphatic heterocycles. The van der Waals surface area contributed by atoms with Crippen molar-refractivity contribution >= 4 is 26.6 Å². The second kappa shape index (κ2) is 8.57. The molecule has 1 fully saturated rings. The predicted octanol–water partition coefficient (Wildman–Crippen LogP) is 3.05. The largest absolute Gasteiger partial charge is 0.376 e. The summed E-state index contributed by atoms with van der Waals surface area (Å²) in [5.74, 6) is -1.22. The normalized spacial score (nSPS) is 16.8. The summed E-state index contributed by atoms with van der Waals surface area (Å²) >= 11 is 0. The van der Waals surface area contributed by atoms with E-state index in [1.165, 1.54) is 24.4 Å². The van der Waals surface area contributed by atoms with Crippen molar-refractivity contribution in [1.82, 2.24) is 9.88 Å². The van der Waals surface area contributed by atoms with E-state index in [-0.39, 0.29) is 29.0 Å². The third-order valence-electron chi connectivity index (χ3n) is 5.26. The monoisotopic (exact) mass is 430 g/mol. The molecule has 1 aliphatic rings. The van der Waals surface area contributed by atoms with Crippen LogP contribution in [0.25, 0.3) is 10.9 Å². The summed E-state index contributed by atoms with van der Waals surface area (Å²) in [6, 6.07) is 12.8. The minimum absolute atomic E-state index is 0.0115. The van der Waals surface area contributed by atoms with Gasteiger partial charge in [-0.25, -0.2) is 12.8 Å². The SMILES string of the molecule is O=C(Cn1cc(S(=O)(=O)Cc2ccccc2F)c2ccccc21)NC[C@@H]1CCCO1. The highest BCUT2D eigenvalue weighted by atomic mass is 32.2. The number of sulfone groups is 1. The van der Waals surface area contributed by atoms with Gasteiger partial charge in [0.05, 0.1) is 16.8 Å². The van der Waals surface area contributed by atoms with E-state index >= 15 is 0 Å².